The number of nitrogens with zero attached hydrogens (tertiary/aromatic N) is 1. The normalized spacial score (nSPS) is 13.8. The Morgan fingerprint density at radius 3 is 2.69 bits per heavy atom. The average molecular weight is 373 g/mol. The third kappa shape index (κ3) is 4.17. The number of amides is 2. The molecule has 0 spiro atoms. The molecular formula is C20H21ClN2O3. The highest BCUT2D eigenvalue weighted by Gasteiger charge is 2.21. The lowest BCUT2D eigenvalue weighted by Crippen LogP contribution is -2.27. The van der Waals surface area contributed by atoms with Gasteiger partial charge in [0.1, 0.15) is 5.75 Å². The third-order valence-electron chi connectivity index (χ3n) is 4.50. The molecule has 26 heavy (non-hydrogen) atoms. The van der Waals surface area contributed by atoms with Gasteiger partial charge in [-0.15, -0.1) is 0 Å². The lowest BCUT2D eigenvalue weighted by atomic mass is 10.1. The fourth-order valence-electron chi connectivity index (χ4n) is 3.09. The fourth-order valence-corrected chi connectivity index (χ4v) is 3.26. The van der Waals surface area contributed by atoms with Crippen molar-refractivity contribution in [2.24, 2.45) is 0 Å². The van der Waals surface area contributed by atoms with Crippen molar-refractivity contribution in [3.8, 4) is 5.75 Å². The average Bonchev–Trinajstić information content (AvgIpc) is 3.05. The summed E-state index contributed by atoms with van der Waals surface area (Å²) in [4.78, 5) is 26.3. The smallest absolute Gasteiger partial charge is 0.255 e. The van der Waals surface area contributed by atoms with Gasteiger partial charge in [0, 0.05) is 31.1 Å². The number of nitrogens with one attached hydrogen (secondary N) is 1. The Hall–Kier alpha value is -2.53. The maximum atomic E-state index is 12.5. The van der Waals surface area contributed by atoms with Crippen molar-refractivity contribution in [2.75, 3.05) is 13.7 Å². The Labute approximate surface area is 157 Å². The maximum absolute atomic E-state index is 12.5. The molecule has 1 aliphatic heterocycles. The molecule has 5 nitrogen and oxygen atoms in total. The molecule has 0 radical (unpaired) electrons. The zero-order chi connectivity index (χ0) is 18.5. The second kappa shape index (κ2) is 8.23. The van der Waals surface area contributed by atoms with Crippen molar-refractivity contribution in [3.63, 3.8) is 0 Å². The molecule has 1 heterocycles. The van der Waals surface area contributed by atoms with Crippen molar-refractivity contribution in [3.05, 3.63) is 64.2 Å². The molecule has 6 heteroatoms. The van der Waals surface area contributed by atoms with Gasteiger partial charge in [0.15, 0.2) is 0 Å². The molecule has 136 valence electrons. The minimum atomic E-state index is -0.253. The van der Waals surface area contributed by atoms with Gasteiger partial charge in [-0.05, 0) is 35.7 Å². The number of halogens is 1. The minimum Gasteiger partial charge on any atom is -0.496 e. The third-order valence-corrected chi connectivity index (χ3v) is 4.73. The van der Waals surface area contributed by atoms with Crippen molar-refractivity contribution in [1.29, 1.82) is 0 Å². The van der Waals surface area contributed by atoms with E-state index in [9.17, 15) is 9.59 Å². The zero-order valence-electron chi connectivity index (χ0n) is 14.6. The van der Waals surface area contributed by atoms with Crippen LogP contribution in [0.2, 0.25) is 5.02 Å². The monoisotopic (exact) mass is 372 g/mol. The Morgan fingerprint density at radius 2 is 2.00 bits per heavy atom. The Balaban J connectivity index is 1.71. The second-order valence-electron chi connectivity index (χ2n) is 6.21. The summed E-state index contributed by atoms with van der Waals surface area (Å²) >= 11 is 6.00. The molecule has 0 aromatic heterocycles. The number of hydrogen-bond donors (Lipinski definition) is 1. The van der Waals surface area contributed by atoms with Gasteiger partial charge in [-0.2, -0.15) is 0 Å². The lowest BCUT2D eigenvalue weighted by Gasteiger charge is -2.18. The van der Waals surface area contributed by atoms with Crippen LogP contribution in [0.1, 0.15) is 34.3 Å². The molecule has 2 aromatic carbocycles. The highest BCUT2D eigenvalue weighted by atomic mass is 35.5. The van der Waals surface area contributed by atoms with Crippen LogP contribution in [0.3, 0.4) is 0 Å². The lowest BCUT2D eigenvalue weighted by molar-refractivity contribution is -0.128. The van der Waals surface area contributed by atoms with Gasteiger partial charge in [-0.25, -0.2) is 0 Å². The number of likely N-dealkylation sites (tertiary alicyclic amines) is 1. The van der Waals surface area contributed by atoms with E-state index in [4.69, 9.17) is 16.3 Å². The van der Waals surface area contributed by atoms with E-state index in [0.717, 1.165) is 24.1 Å². The molecule has 0 bridgehead atoms. The number of carbonyl (C=O) groups is 2. The first kappa shape index (κ1) is 18.3. The van der Waals surface area contributed by atoms with E-state index in [-0.39, 0.29) is 11.8 Å². The zero-order valence-corrected chi connectivity index (χ0v) is 15.4. The molecular weight excluding hydrogens is 352 g/mol. The molecule has 1 N–H and O–H groups in total. The van der Waals surface area contributed by atoms with Crippen LogP contribution in [0, 0.1) is 0 Å². The summed E-state index contributed by atoms with van der Waals surface area (Å²) in [5.41, 5.74) is 2.43. The van der Waals surface area contributed by atoms with Gasteiger partial charge >= 0.3 is 0 Å². The molecule has 0 saturated carbocycles. The first-order valence-electron chi connectivity index (χ1n) is 8.55. The van der Waals surface area contributed by atoms with Crippen LogP contribution in [-0.2, 0) is 17.9 Å². The van der Waals surface area contributed by atoms with Crippen molar-refractivity contribution < 1.29 is 14.3 Å². The molecule has 2 aromatic rings. The molecule has 3 rings (SSSR count). The quantitative estimate of drug-likeness (QED) is 0.845. The number of hydrogen-bond acceptors (Lipinski definition) is 3. The highest BCUT2D eigenvalue weighted by molar-refractivity contribution is 6.31. The van der Waals surface area contributed by atoms with Gasteiger partial charge in [-0.3, -0.25) is 9.59 Å². The van der Waals surface area contributed by atoms with Gasteiger partial charge in [-0.1, -0.05) is 35.9 Å². The first-order chi connectivity index (χ1) is 12.6. The van der Waals surface area contributed by atoms with Crippen molar-refractivity contribution >= 4 is 23.4 Å². The van der Waals surface area contributed by atoms with Crippen LogP contribution < -0.4 is 10.1 Å². The van der Waals surface area contributed by atoms with Crippen LogP contribution in [0.15, 0.2) is 42.5 Å². The predicted molar refractivity (Wildman–Crippen MR) is 100 cm³/mol. The Morgan fingerprint density at radius 1 is 1.23 bits per heavy atom. The summed E-state index contributed by atoms with van der Waals surface area (Å²) in [7, 11) is 1.52. The topological polar surface area (TPSA) is 58.6 Å². The summed E-state index contributed by atoms with van der Waals surface area (Å²) in [6.45, 7) is 1.73. The Kier molecular flexibility index (Phi) is 5.78. The fraction of sp³-hybridized carbons (Fsp3) is 0.300. The molecule has 1 fully saturated rings. The number of carbonyl (C=O) groups excluding carboxylic acids is 2. The molecule has 1 saturated heterocycles. The standard InChI is InChI=1S/C20H21ClN2O3/c1-26-18-9-8-16(21)11-17(18)20(25)22-12-14-5-2-3-6-15(14)13-23-10-4-7-19(23)24/h2-3,5-6,8-9,11H,4,7,10,12-13H2,1H3,(H,22,25). The Bertz CT molecular complexity index is 822. The number of rotatable bonds is 6. The van der Waals surface area contributed by atoms with E-state index in [1.807, 2.05) is 29.2 Å². The van der Waals surface area contributed by atoms with Gasteiger partial charge in [0.2, 0.25) is 5.91 Å². The van der Waals surface area contributed by atoms with Crippen LogP contribution in [0.5, 0.6) is 5.75 Å². The molecule has 2 amide bonds. The SMILES string of the molecule is COc1ccc(Cl)cc1C(=O)NCc1ccccc1CN1CCCC1=O. The van der Waals surface area contributed by atoms with E-state index in [0.29, 0.717) is 35.8 Å². The minimum absolute atomic E-state index is 0.188. The van der Waals surface area contributed by atoms with Crippen LogP contribution >= 0.6 is 11.6 Å². The summed E-state index contributed by atoms with van der Waals surface area (Å²) in [6, 6.07) is 12.8. The largest absolute Gasteiger partial charge is 0.496 e. The van der Waals surface area contributed by atoms with E-state index in [2.05, 4.69) is 5.32 Å². The molecule has 1 aliphatic rings. The number of methoxy groups -OCH3 is 1. The molecule has 0 aliphatic carbocycles. The highest BCUT2D eigenvalue weighted by Crippen LogP contribution is 2.23. The molecule has 0 unspecified atom stereocenters. The first-order valence-corrected chi connectivity index (χ1v) is 8.92. The van der Waals surface area contributed by atoms with Crippen LogP contribution in [0.4, 0.5) is 0 Å². The van der Waals surface area contributed by atoms with Crippen molar-refractivity contribution in [2.45, 2.75) is 25.9 Å². The van der Waals surface area contributed by atoms with Gasteiger partial charge < -0.3 is 15.0 Å². The summed E-state index contributed by atoms with van der Waals surface area (Å²) in [5.74, 6) is 0.409. The van der Waals surface area contributed by atoms with Gasteiger partial charge in [0.05, 0.1) is 12.7 Å². The van der Waals surface area contributed by atoms with E-state index in [1.54, 1.807) is 18.2 Å². The van der Waals surface area contributed by atoms with E-state index in [1.165, 1.54) is 7.11 Å². The van der Waals surface area contributed by atoms with E-state index < -0.39 is 0 Å². The summed E-state index contributed by atoms with van der Waals surface area (Å²) in [5, 5.41) is 3.39. The summed E-state index contributed by atoms with van der Waals surface area (Å²) in [6.07, 6.45) is 1.53. The van der Waals surface area contributed by atoms with Crippen LogP contribution in [0.25, 0.3) is 0 Å². The summed E-state index contributed by atoms with van der Waals surface area (Å²) < 4.78 is 5.23. The van der Waals surface area contributed by atoms with Crippen LogP contribution in [-0.4, -0.2) is 30.4 Å². The maximum Gasteiger partial charge on any atom is 0.255 e. The predicted octanol–water partition coefficient (Wildman–Crippen LogP) is 3.40. The number of ether oxygens (including phenoxy) is 1. The van der Waals surface area contributed by atoms with E-state index >= 15 is 0 Å². The number of benzene rings is 2. The van der Waals surface area contributed by atoms with Crippen molar-refractivity contribution in [1.82, 2.24) is 10.2 Å². The second-order valence-corrected chi connectivity index (χ2v) is 6.65. The van der Waals surface area contributed by atoms with Gasteiger partial charge in [0.25, 0.3) is 5.91 Å². The molecule has 0 atom stereocenters.